The summed E-state index contributed by atoms with van der Waals surface area (Å²) in [6.07, 6.45) is 0.761. The number of benzene rings is 2. The number of nitrogen functional groups attached to an aromatic ring is 1. The number of hydrogen-bond acceptors (Lipinski definition) is 4. The molecule has 0 fully saturated rings. The van der Waals surface area contributed by atoms with Crippen molar-refractivity contribution in [1.82, 2.24) is 0 Å². The molecule has 0 aromatic heterocycles. The molecule has 0 spiro atoms. The lowest BCUT2D eigenvalue weighted by molar-refractivity contribution is -0.140. The lowest BCUT2D eigenvalue weighted by Gasteiger charge is -2.13. The number of ether oxygens (including phenoxy) is 2. The molecule has 0 saturated heterocycles. The van der Waals surface area contributed by atoms with E-state index in [1.165, 1.54) is 7.11 Å². The van der Waals surface area contributed by atoms with Crippen LogP contribution in [0, 0.1) is 0 Å². The first-order valence-corrected chi connectivity index (χ1v) is 6.38. The smallest absolute Gasteiger partial charge is 0.305 e. The number of nitrogens with two attached hydrogens (primary N) is 1. The Kier molecular flexibility index (Phi) is 4.60. The largest absolute Gasteiger partial charge is 0.469 e. The first kappa shape index (κ1) is 13.9. The maximum atomic E-state index is 11.3. The quantitative estimate of drug-likeness (QED) is 0.670. The van der Waals surface area contributed by atoms with Gasteiger partial charge in [-0.2, -0.15) is 0 Å². The summed E-state index contributed by atoms with van der Waals surface area (Å²) in [5, 5.41) is 0. The van der Waals surface area contributed by atoms with Crippen LogP contribution < -0.4 is 10.5 Å². The van der Waals surface area contributed by atoms with Crippen molar-refractivity contribution in [1.29, 1.82) is 0 Å². The lowest BCUT2D eigenvalue weighted by Crippen LogP contribution is -2.05. The van der Waals surface area contributed by atoms with E-state index in [4.69, 9.17) is 10.5 Å². The van der Waals surface area contributed by atoms with Crippen LogP contribution in [0.5, 0.6) is 11.5 Å². The number of carbonyl (C=O) groups is 1. The maximum absolute atomic E-state index is 11.3. The molecule has 0 aliphatic rings. The van der Waals surface area contributed by atoms with Crippen molar-refractivity contribution >= 4 is 11.7 Å². The van der Waals surface area contributed by atoms with Crippen LogP contribution in [0.15, 0.2) is 48.5 Å². The standard InChI is InChI=1S/C16H17NO3/c1-19-16(18)11-10-13-14(17)8-5-9-15(13)20-12-6-3-2-4-7-12/h2-9H,10-11,17H2,1H3. The second kappa shape index (κ2) is 6.61. The number of carbonyl (C=O) groups excluding carboxylic acids is 1. The average molecular weight is 271 g/mol. The molecule has 20 heavy (non-hydrogen) atoms. The second-order valence-electron chi connectivity index (χ2n) is 4.32. The van der Waals surface area contributed by atoms with Crippen LogP contribution in [0.2, 0.25) is 0 Å². The van der Waals surface area contributed by atoms with E-state index in [1.807, 2.05) is 42.5 Å². The molecule has 2 aromatic rings. The molecular weight excluding hydrogens is 254 g/mol. The summed E-state index contributed by atoms with van der Waals surface area (Å²) in [5.41, 5.74) is 7.40. The highest BCUT2D eigenvalue weighted by Crippen LogP contribution is 2.30. The van der Waals surface area contributed by atoms with Crippen molar-refractivity contribution in [2.24, 2.45) is 0 Å². The van der Waals surface area contributed by atoms with E-state index < -0.39 is 0 Å². The summed E-state index contributed by atoms with van der Waals surface area (Å²) < 4.78 is 10.5. The van der Waals surface area contributed by atoms with Crippen LogP contribution in [0.3, 0.4) is 0 Å². The van der Waals surface area contributed by atoms with Crippen LogP contribution in [0.4, 0.5) is 5.69 Å². The van der Waals surface area contributed by atoms with Gasteiger partial charge in [-0.1, -0.05) is 24.3 Å². The second-order valence-corrected chi connectivity index (χ2v) is 4.32. The van der Waals surface area contributed by atoms with Gasteiger partial charge in [-0.05, 0) is 30.7 Å². The molecule has 2 rings (SSSR count). The van der Waals surface area contributed by atoms with E-state index >= 15 is 0 Å². The van der Waals surface area contributed by atoms with Crippen molar-refractivity contribution in [3.05, 3.63) is 54.1 Å². The van der Waals surface area contributed by atoms with Crippen molar-refractivity contribution in [2.45, 2.75) is 12.8 Å². The summed E-state index contributed by atoms with van der Waals surface area (Å²) in [7, 11) is 1.37. The van der Waals surface area contributed by atoms with E-state index in [9.17, 15) is 4.79 Å². The maximum Gasteiger partial charge on any atom is 0.305 e. The summed E-state index contributed by atoms with van der Waals surface area (Å²) in [6.45, 7) is 0. The van der Waals surface area contributed by atoms with Crippen molar-refractivity contribution in [3.63, 3.8) is 0 Å². The third kappa shape index (κ3) is 3.51. The Morgan fingerprint density at radius 3 is 2.55 bits per heavy atom. The molecule has 0 amide bonds. The number of methoxy groups -OCH3 is 1. The molecular formula is C16H17NO3. The zero-order valence-electron chi connectivity index (χ0n) is 11.3. The number of esters is 1. The molecule has 0 saturated carbocycles. The fourth-order valence-corrected chi connectivity index (χ4v) is 1.89. The fourth-order valence-electron chi connectivity index (χ4n) is 1.89. The van der Waals surface area contributed by atoms with Crippen LogP contribution in [0.25, 0.3) is 0 Å². The molecule has 0 atom stereocenters. The molecule has 104 valence electrons. The van der Waals surface area contributed by atoms with E-state index in [-0.39, 0.29) is 12.4 Å². The van der Waals surface area contributed by atoms with E-state index in [2.05, 4.69) is 4.74 Å². The zero-order valence-corrected chi connectivity index (χ0v) is 11.3. The Balaban J connectivity index is 2.20. The Bertz CT molecular complexity index is 582. The van der Waals surface area contributed by atoms with Gasteiger partial charge in [-0.25, -0.2) is 0 Å². The van der Waals surface area contributed by atoms with Gasteiger partial charge in [0.15, 0.2) is 0 Å². The molecule has 4 heteroatoms. The van der Waals surface area contributed by atoms with Crippen LogP contribution in [0.1, 0.15) is 12.0 Å². The van der Waals surface area contributed by atoms with E-state index in [1.54, 1.807) is 6.07 Å². The zero-order chi connectivity index (χ0) is 14.4. The van der Waals surface area contributed by atoms with Crippen molar-refractivity contribution < 1.29 is 14.3 Å². The first-order chi connectivity index (χ1) is 9.70. The topological polar surface area (TPSA) is 61.5 Å². The molecule has 2 N–H and O–H groups in total. The number of rotatable bonds is 5. The summed E-state index contributed by atoms with van der Waals surface area (Å²) >= 11 is 0. The molecule has 0 unspecified atom stereocenters. The fraction of sp³-hybridized carbons (Fsp3) is 0.188. The van der Waals surface area contributed by atoms with Gasteiger partial charge in [0.1, 0.15) is 11.5 Å². The van der Waals surface area contributed by atoms with Crippen LogP contribution in [-0.2, 0) is 16.0 Å². The Labute approximate surface area is 118 Å². The normalized spacial score (nSPS) is 10.1. The highest BCUT2D eigenvalue weighted by molar-refractivity contribution is 5.70. The van der Waals surface area contributed by atoms with Crippen LogP contribution in [-0.4, -0.2) is 13.1 Å². The van der Waals surface area contributed by atoms with E-state index in [0.29, 0.717) is 17.9 Å². The minimum atomic E-state index is -0.265. The predicted octanol–water partition coefficient (Wildman–Crippen LogP) is 3.17. The summed E-state index contributed by atoms with van der Waals surface area (Å²) in [5.74, 6) is 1.14. The average Bonchev–Trinajstić information content (AvgIpc) is 2.47. The molecule has 4 nitrogen and oxygen atoms in total. The summed E-state index contributed by atoms with van der Waals surface area (Å²) in [4.78, 5) is 11.3. The number of anilines is 1. The highest BCUT2D eigenvalue weighted by atomic mass is 16.5. The van der Waals surface area contributed by atoms with Crippen molar-refractivity contribution in [3.8, 4) is 11.5 Å². The molecule has 0 aliphatic heterocycles. The van der Waals surface area contributed by atoms with Gasteiger partial charge in [-0.15, -0.1) is 0 Å². The van der Waals surface area contributed by atoms with Gasteiger partial charge in [0.2, 0.25) is 0 Å². The third-order valence-electron chi connectivity index (χ3n) is 2.95. The van der Waals surface area contributed by atoms with Gasteiger partial charge in [-0.3, -0.25) is 4.79 Å². The van der Waals surface area contributed by atoms with Crippen molar-refractivity contribution in [2.75, 3.05) is 12.8 Å². The molecule has 0 bridgehead atoms. The molecule has 0 radical (unpaired) electrons. The minimum absolute atomic E-state index is 0.265. The lowest BCUT2D eigenvalue weighted by atomic mass is 10.1. The Hall–Kier alpha value is -2.49. The minimum Gasteiger partial charge on any atom is -0.469 e. The van der Waals surface area contributed by atoms with Crippen LogP contribution >= 0.6 is 0 Å². The molecule has 2 aromatic carbocycles. The predicted molar refractivity (Wildman–Crippen MR) is 77.7 cm³/mol. The summed E-state index contributed by atoms with van der Waals surface area (Å²) in [6, 6.07) is 14.9. The van der Waals surface area contributed by atoms with Gasteiger partial charge in [0.25, 0.3) is 0 Å². The molecule has 0 heterocycles. The Morgan fingerprint density at radius 1 is 1.10 bits per heavy atom. The van der Waals surface area contributed by atoms with E-state index in [0.717, 1.165) is 11.3 Å². The third-order valence-corrected chi connectivity index (χ3v) is 2.95. The molecule has 0 aliphatic carbocycles. The Morgan fingerprint density at radius 2 is 1.85 bits per heavy atom. The van der Waals surface area contributed by atoms with Gasteiger partial charge in [0, 0.05) is 17.7 Å². The van der Waals surface area contributed by atoms with Gasteiger partial charge < -0.3 is 15.2 Å². The SMILES string of the molecule is COC(=O)CCc1c(N)cccc1Oc1ccccc1. The monoisotopic (exact) mass is 271 g/mol. The number of hydrogen-bond donors (Lipinski definition) is 1. The number of para-hydroxylation sites is 1. The highest BCUT2D eigenvalue weighted by Gasteiger charge is 2.11. The van der Waals surface area contributed by atoms with Gasteiger partial charge >= 0.3 is 5.97 Å². The van der Waals surface area contributed by atoms with Gasteiger partial charge in [0.05, 0.1) is 7.11 Å². The first-order valence-electron chi connectivity index (χ1n) is 6.38.